The summed E-state index contributed by atoms with van der Waals surface area (Å²) in [5, 5.41) is 4.07. The lowest BCUT2D eigenvalue weighted by Crippen LogP contribution is -1.94. The average molecular weight is 438 g/mol. The number of para-hydroxylation sites is 1. The number of carbonyl (C=O) groups is 1. The van der Waals surface area contributed by atoms with E-state index in [0.29, 0.717) is 15.5 Å². The van der Waals surface area contributed by atoms with Crippen LogP contribution in [0.4, 0.5) is 0 Å². The van der Waals surface area contributed by atoms with Gasteiger partial charge in [-0.05, 0) is 52.7 Å². The molecule has 1 aromatic heterocycles. The predicted octanol–water partition coefficient (Wildman–Crippen LogP) is 7.97. The zero-order valence-corrected chi connectivity index (χ0v) is 17.9. The number of aromatic nitrogens is 1. The third-order valence-corrected chi connectivity index (χ3v) is 7.02. The molecule has 2 heterocycles. The fourth-order valence-corrected chi connectivity index (χ4v) is 5.36. The van der Waals surface area contributed by atoms with Crippen LogP contribution in [0.2, 0.25) is 5.02 Å². The Morgan fingerprint density at radius 1 is 0.839 bits per heavy atom. The average Bonchev–Trinajstić information content (AvgIpc) is 3.32. The molecule has 4 aromatic carbocycles. The first kappa shape index (κ1) is 18.5. The van der Waals surface area contributed by atoms with Crippen LogP contribution in [-0.2, 0) is 0 Å². The van der Waals surface area contributed by atoms with Crippen LogP contribution in [0.1, 0.15) is 15.9 Å². The second-order valence-corrected chi connectivity index (χ2v) is 9.12. The minimum Gasteiger partial charge on any atom is -0.354 e. The molecule has 1 aliphatic heterocycles. The Balaban J connectivity index is 1.55. The fraction of sp³-hybridized carbons (Fsp3) is 0. The SMILES string of the molecule is O=C1C(=Cc2c(-c3ccc4ccccc4c3)[nH]c3ccccc23)Sc2ccc(Cl)cc21. The Morgan fingerprint density at radius 2 is 1.65 bits per heavy atom. The topological polar surface area (TPSA) is 32.9 Å². The van der Waals surface area contributed by atoms with Crippen LogP contribution in [-0.4, -0.2) is 10.8 Å². The zero-order chi connectivity index (χ0) is 20.9. The summed E-state index contributed by atoms with van der Waals surface area (Å²) in [6, 6.07) is 28.5. The molecule has 2 nitrogen and oxygen atoms in total. The van der Waals surface area contributed by atoms with Crippen molar-refractivity contribution in [3.63, 3.8) is 0 Å². The first-order valence-electron chi connectivity index (χ1n) is 10.0. The molecule has 0 saturated carbocycles. The summed E-state index contributed by atoms with van der Waals surface area (Å²) in [5.74, 6) is 0.0252. The molecule has 148 valence electrons. The quantitative estimate of drug-likeness (QED) is 0.284. The monoisotopic (exact) mass is 437 g/mol. The van der Waals surface area contributed by atoms with Gasteiger partial charge in [0.25, 0.3) is 0 Å². The second-order valence-electron chi connectivity index (χ2n) is 7.60. The standard InChI is InChI=1S/C27H16ClNOS/c28-19-11-12-24-22(14-19)27(30)25(31-24)15-21-20-7-3-4-8-23(20)29-26(21)18-10-9-16-5-1-2-6-17(16)13-18/h1-15,29H. The molecule has 0 amide bonds. The van der Waals surface area contributed by atoms with E-state index in [1.54, 1.807) is 6.07 Å². The summed E-state index contributed by atoms with van der Waals surface area (Å²) in [5.41, 5.74) is 4.87. The van der Waals surface area contributed by atoms with Crippen LogP contribution < -0.4 is 0 Å². The predicted molar refractivity (Wildman–Crippen MR) is 131 cm³/mol. The van der Waals surface area contributed by atoms with E-state index in [1.165, 1.54) is 22.5 Å². The smallest absolute Gasteiger partial charge is 0.200 e. The van der Waals surface area contributed by atoms with E-state index >= 15 is 0 Å². The maximum absolute atomic E-state index is 13.1. The molecule has 0 atom stereocenters. The summed E-state index contributed by atoms with van der Waals surface area (Å²) >= 11 is 7.63. The fourth-order valence-electron chi connectivity index (χ4n) is 4.18. The van der Waals surface area contributed by atoms with Gasteiger partial charge in [-0.2, -0.15) is 0 Å². The van der Waals surface area contributed by atoms with E-state index in [4.69, 9.17) is 11.6 Å². The molecule has 0 radical (unpaired) electrons. The van der Waals surface area contributed by atoms with Crippen molar-refractivity contribution < 1.29 is 4.79 Å². The molecule has 0 bridgehead atoms. The highest BCUT2D eigenvalue weighted by Crippen LogP contribution is 2.43. The number of aromatic amines is 1. The number of halogens is 1. The van der Waals surface area contributed by atoms with Crippen LogP contribution in [0.5, 0.6) is 0 Å². The maximum atomic E-state index is 13.1. The van der Waals surface area contributed by atoms with Crippen molar-refractivity contribution >= 4 is 56.9 Å². The van der Waals surface area contributed by atoms with Gasteiger partial charge in [0.05, 0.1) is 10.6 Å². The van der Waals surface area contributed by atoms with E-state index < -0.39 is 0 Å². The van der Waals surface area contributed by atoms with Gasteiger partial charge in [-0.15, -0.1) is 0 Å². The number of hydrogen-bond acceptors (Lipinski definition) is 2. The van der Waals surface area contributed by atoms with Crippen LogP contribution in [0.15, 0.2) is 94.7 Å². The number of benzene rings is 4. The lowest BCUT2D eigenvalue weighted by atomic mass is 10.0. The molecule has 0 fully saturated rings. The first-order chi connectivity index (χ1) is 15.2. The number of rotatable bonds is 2. The van der Waals surface area contributed by atoms with E-state index in [9.17, 15) is 4.79 Å². The van der Waals surface area contributed by atoms with Crippen LogP contribution in [0.25, 0.3) is 39.0 Å². The van der Waals surface area contributed by atoms with Crippen molar-refractivity contribution in [2.45, 2.75) is 4.90 Å². The highest BCUT2D eigenvalue weighted by atomic mass is 35.5. The van der Waals surface area contributed by atoms with Crippen molar-refractivity contribution in [2.24, 2.45) is 0 Å². The van der Waals surface area contributed by atoms with Gasteiger partial charge in [0.2, 0.25) is 5.78 Å². The molecule has 1 N–H and O–H groups in total. The van der Waals surface area contributed by atoms with Gasteiger partial charge >= 0.3 is 0 Å². The molecule has 4 heteroatoms. The number of nitrogens with one attached hydrogen (secondary N) is 1. The second kappa shape index (κ2) is 7.16. The van der Waals surface area contributed by atoms with E-state index in [2.05, 4.69) is 53.5 Å². The number of Topliss-reactive ketones (excluding diaryl/α,β-unsaturated/α-hetero) is 1. The van der Waals surface area contributed by atoms with Crippen molar-refractivity contribution in [1.82, 2.24) is 4.98 Å². The van der Waals surface area contributed by atoms with Crippen LogP contribution >= 0.6 is 23.4 Å². The number of H-pyrrole nitrogens is 1. The minimum atomic E-state index is 0.0252. The molecule has 1 aliphatic rings. The Kier molecular flexibility index (Phi) is 4.27. The van der Waals surface area contributed by atoms with Gasteiger partial charge in [0, 0.05) is 31.9 Å². The molecule has 5 aromatic rings. The first-order valence-corrected chi connectivity index (χ1v) is 11.2. The molecule has 0 spiro atoms. The van der Waals surface area contributed by atoms with Gasteiger partial charge in [-0.1, -0.05) is 78.0 Å². The Hall–Kier alpha value is -3.27. The van der Waals surface area contributed by atoms with E-state index in [-0.39, 0.29) is 5.78 Å². The lowest BCUT2D eigenvalue weighted by Gasteiger charge is -2.05. The highest BCUT2D eigenvalue weighted by molar-refractivity contribution is 8.04. The van der Waals surface area contributed by atoms with E-state index in [0.717, 1.165) is 32.6 Å². The van der Waals surface area contributed by atoms with Crippen molar-refractivity contribution in [3.05, 3.63) is 106 Å². The van der Waals surface area contributed by atoms with Gasteiger partial charge in [-0.25, -0.2) is 0 Å². The summed E-state index contributed by atoms with van der Waals surface area (Å²) in [6.07, 6.45) is 2.02. The van der Waals surface area contributed by atoms with Gasteiger partial charge in [0.15, 0.2) is 0 Å². The zero-order valence-electron chi connectivity index (χ0n) is 16.4. The molecule has 6 rings (SSSR count). The maximum Gasteiger partial charge on any atom is 0.200 e. The number of hydrogen-bond donors (Lipinski definition) is 1. The molecular formula is C27H16ClNOS. The summed E-state index contributed by atoms with van der Waals surface area (Å²) in [6.45, 7) is 0. The minimum absolute atomic E-state index is 0.0252. The molecular weight excluding hydrogens is 422 g/mol. The third-order valence-electron chi connectivity index (χ3n) is 5.69. The van der Waals surface area contributed by atoms with Gasteiger partial charge in [0.1, 0.15) is 0 Å². The lowest BCUT2D eigenvalue weighted by molar-refractivity contribution is 0.104. The van der Waals surface area contributed by atoms with E-state index in [1.807, 2.05) is 36.4 Å². The Bertz CT molecular complexity index is 1550. The highest BCUT2D eigenvalue weighted by Gasteiger charge is 2.27. The number of thioether (sulfide) groups is 1. The van der Waals surface area contributed by atoms with Crippen molar-refractivity contribution in [3.8, 4) is 11.3 Å². The van der Waals surface area contributed by atoms with Gasteiger partial charge in [-0.3, -0.25) is 4.79 Å². The summed E-state index contributed by atoms with van der Waals surface area (Å²) in [7, 11) is 0. The Labute approximate surface area is 188 Å². The Morgan fingerprint density at radius 3 is 2.55 bits per heavy atom. The van der Waals surface area contributed by atoms with Crippen molar-refractivity contribution in [1.29, 1.82) is 0 Å². The van der Waals surface area contributed by atoms with Crippen LogP contribution in [0, 0.1) is 0 Å². The molecule has 31 heavy (non-hydrogen) atoms. The molecule has 0 unspecified atom stereocenters. The van der Waals surface area contributed by atoms with Crippen LogP contribution in [0.3, 0.4) is 0 Å². The number of ketones is 1. The largest absolute Gasteiger partial charge is 0.354 e. The number of carbonyl (C=O) groups excluding carboxylic acids is 1. The van der Waals surface area contributed by atoms with Crippen molar-refractivity contribution in [2.75, 3.05) is 0 Å². The number of fused-ring (bicyclic) bond motifs is 3. The van der Waals surface area contributed by atoms with Gasteiger partial charge < -0.3 is 4.98 Å². The number of allylic oxidation sites excluding steroid dienone is 1. The molecule has 0 saturated heterocycles. The summed E-state index contributed by atoms with van der Waals surface area (Å²) < 4.78 is 0. The molecule has 0 aliphatic carbocycles. The summed E-state index contributed by atoms with van der Waals surface area (Å²) in [4.78, 5) is 18.3. The normalized spacial score (nSPS) is 14.6. The third kappa shape index (κ3) is 3.09.